The van der Waals surface area contributed by atoms with E-state index in [0.29, 0.717) is 12.3 Å². The van der Waals surface area contributed by atoms with Crippen molar-refractivity contribution in [1.29, 1.82) is 0 Å². The van der Waals surface area contributed by atoms with Crippen LogP contribution in [0.4, 0.5) is 0 Å². The number of rotatable bonds is 10. The zero-order chi connectivity index (χ0) is 15.6. The molecule has 1 unspecified atom stereocenters. The SMILES string of the molecule is CC(C)=CCCC(C)CC=O.CC=CCCCCC=O. The minimum Gasteiger partial charge on any atom is -0.303 e. The van der Waals surface area contributed by atoms with E-state index in [1.54, 1.807) is 0 Å². The van der Waals surface area contributed by atoms with Gasteiger partial charge in [-0.3, -0.25) is 0 Å². The van der Waals surface area contributed by atoms with Crippen molar-refractivity contribution in [2.24, 2.45) is 5.92 Å². The van der Waals surface area contributed by atoms with Crippen LogP contribution < -0.4 is 0 Å². The Morgan fingerprint density at radius 2 is 1.65 bits per heavy atom. The Bertz CT molecular complexity index is 273. The van der Waals surface area contributed by atoms with Gasteiger partial charge in [-0.1, -0.05) is 30.7 Å². The van der Waals surface area contributed by atoms with Crippen molar-refractivity contribution in [3.8, 4) is 0 Å². The fraction of sp³-hybridized carbons (Fsp3) is 0.667. The van der Waals surface area contributed by atoms with E-state index in [0.717, 1.165) is 51.1 Å². The van der Waals surface area contributed by atoms with Gasteiger partial charge in [-0.15, -0.1) is 0 Å². The standard InChI is InChI=1S/C10H18O.C8H14O/c1-9(2)5-4-6-10(3)7-8-11;1-2-3-4-5-6-7-8-9/h5,8,10H,4,6-7H2,1-3H3;2-3,8H,4-7H2,1H3. The summed E-state index contributed by atoms with van der Waals surface area (Å²) in [4.78, 5) is 19.9. The minimum absolute atomic E-state index is 0.545. The highest BCUT2D eigenvalue weighted by Crippen LogP contribution is 2.09. The number of aldehydes is 2. The molecule has 0 saturated heterocycles. The average Bonchev–Trinajstić information content (AvgIpc) is 2.39. The van der Waals surface area contributed by atoms with Crippen molar-refractivity contribution in [2.75, 3.05) is 0 Å². The van der Waals surface area contributed by atoms with Crippen molar-refractivity contribution in [1.82, 2.24) is 0 Å². The van der Waals surface area contributed by atoms with E-state index in [4.69, 9.17) is 0 Å². The van der Waals surface area contributed by atoms with Gasteiger partial charge >= 0.3 is 0 Å². The lowest BCUT2D eigenvalue weighted by atomic mass is 10.0. The quantitative estimate of drug-likeness (QED) is 0.310. The molecule has 0 bridgehead atoms. The Kier molecular flexibility index (Phi) is 18.8. The lowest BCUT2D eigenvalue weighted by Gasteiger charge is -2.03. The fourth-order valence-corrected chi connectivity index (χ4v) is 1.60. The summed E-state index contributed by atoms with van der Waals surface area (Å²) >= 11 is 0. The van der Waals surface area contributed by atoms with Crippen LogP contribution in [0.1, 0.15) is 72.6 Å². The van der Waals surface area contributed by atoms with E-state index in [1.165, 1.54) is 5.57 Å². The lowest BCUT2D eigenvalue weighted by Crippen LogP contribution is -1.93. The first kappa shape index (κ1) is 21.1. The molecule has 0 aliphatic heterocycles. The molecule has 0 aromatic heterocycles. The maximum atomic E-state index is 10.1. The molecular weight excluding hydrogens is 248 g/mol. The Labute approximate surface area is 125 Å². The molecule has 0 heterocycles. The largest absolute Gasteiger partial charge is 0.303 e. The zero-order valence-corrected chi connectivity index (χ0v) is 13.7. The number of hydrogen-bond acceptors (Lipinski definition) is 2. The Morgan fingerprint density at radius 3 is 2.15 bits per heavy atom. The highest BCUT2D eigenvalue weighted by molar-refractivity contribution is 5.49. The minimum atomic E-state index is 0.545. The summed E-state index contributed by atoms with van der Waals surface area (Å²) in [5.41, 5.74) is 1.36. The highest BCUT2D eigenvalue weighted by atomic mass is 16.1. The summed E-state index contributed by atoms with van der Waals surface area (Å²) < 4.78 is 0. The van der Waals surface area contributed by atoms with E-state index in [9.17, 15) is 9.59 Å². The van der Waals surface area contributed by atoms with Gasteiger partial charge in [0.05, 0.1) is 0 Å². The predicted molar refractivity (Wildman–Crippen MR) is 87.9 cm³/mol. The molecule has 0 aliphatic rings. The lowest BCUT2D eigenvalue weighted by molar-refractivity contribution is -0.109. The Morgan fingerprint density at radius 1 is 1.00 bits per heavy atom. The average molecular weight is 280 g/mol. The smallest absolute Gasteiger partial charge is 0.120 e. The summed E-state index contributed by atoms with van der Waals surface area (Å²) in [5, 5.41) is 0. The fourth-order valence-electron chi connectivity index (χ4n) is 1.60. The van der Waals surface area contributed by atoms with E-state index < -0.39 is 0 Å². The molecular formula is C18H32O2. The summed E-state index contributed by atoms with van der Waals surface area (Å²) in [5.74, 6) is 0.545. The van der Waals surface area contributed by atoms with Gasteiger partial charge in [-0.2, -0.15) is 0 Å². The summed E-state index contributed by atoms with van der Waals surface area (Å²) in [6.07, 6.45) is 15.3. The van der Waals surface area contributed by atoms with Crippen LogP contribution >= 0.6 is 0 Å². The molecule has 0 aromatic rings. The number of allylic oxidation sites excluding steroid dienone is 4. The molecule has 0 radical (unpaired) electrons. The highest BCUT2D eigenvalue weighted by Gasteiger charge is 1.98. The van der Waals surface area contributed by atoms with Crippen molar-refractivity contribution in [3.05, 3.63) is 23.8 Å². The van der Waals surface area contributed by atoms with Gasteiger partial charge in [0.25, 0.3) is 0 Å². The molecule has 0 aromatic carbocycles. The molecule has 2 nitrogen and oxygen atoms in total. The van der Waals surface area contributed by atoms with E-state index in [1.807, 2.05) is 13.0 Å². The molecule has 0 saturated carbocycles. The first-order valence-electron chi connectivity index (χ1n) is 7.70. The maximum Gasteiger partial charge on any atom is 0.120 e. The first-order chi connectivity index (χ1) is 9.58. The topological polar surface area (TPSA) is 34.1 Å². The van der Waals surface area contributed by atoms with Crippen LogP contribution in [-0.4, -0.2) is 12.6 Å². The van der Waals surface area contributed by atoms with Gasteiger partial charge in [0.1, 0.15) is 12.6 Å². The summed E-state index contributed by atoms with van der Waals surface area (Å²) in [7, 11) is 0. The van der Waals surface area contributed by atoms with Crippen molar-refractivity contribution in [3.63, 3.8) is 0 Å². The van der Waals surface area contributed by atoms with Gasteiger partial charge in [0, 0.05) is 12.8 Å². The predicted octanol–water partition coefficient (Wildman–Crippen LogP) is 5.28. The molecule has 20 heavy (non-hydrogen) atoms. The van der Waals surface area contributed by atoms with Crippen LogP contribution in [0.3, 0.4) is 0 Å². The molecule has 2 heteroatoms. The van der Waals surface area contributed by atoms with Gasteiger partial charge < -0.3 is 9.59 Å². The number of hydrogen-bond donors (Lipinski definition) is 0. The molecule has 0 amide bonds. The second kappa shape index (κ2) is 17.8. The van der Waals surface area contributed by atoms with Crippen LogP contribution in [-0.2, 0) is 9.59 Å². The van der Waals surface area contributed by atoms with Crippen LogP contribution in [0, 0.1) is 5.92 Å². The Hall–Kier alpha value is -1.18. The van der Waals surface area contributed by atoms with Gasteiger partial charge in [-0.25, -0.2) is 0 Å². The maximum absolute atomic E-state index is 10.1. The monoisotopic (exact) mass is 280 g/mol. The van der Waals surface area contributed by atoms with E-state index in [2.05, 4.69) is 32.9 Å². The molecule has 0 N–H and O–H groups in total. The third-order valence-electron chi connectivity index (χ3n) is 2.89. The van der Waals surface area contributed by atoms with Crippen LogP contribution in [0.15, 0.2) is 23.8 Å². The van der Waals surface area contributed by atoms with Crippen LogP contribution in [0.2, 0.25) is 0 Å². The van der Waals surface area contributed by atoms with Gasteiger partial charge in [-0.05, 0) is 58.8 Å². The van der Waals surface area contributed by atoms with Crippen LogP contribution in [0.25, 0.3) is 0 Å². The summed E-state index contributed by atoms with van der Waals surface area (Å²) in [6, 6.07) is 0. The molecule has 0 aliphatic carbocycles. The third-order valence-corrected chi connectivity index (χ3v) is 2.89. The molecule has 0 spiro atoms. The van der Waals surface area contributed by atoms with E-state index >= 15 is 0 Å². The van der Waals surface area contributed by atoms with Crippen molar-refractivity contribution in [2.45, 2.75) is 72.6 Å². The molecule has 1 atom stereocenters. The first-order valence-corrected chi connectivity index (χ1v) is 7.70. The molecule has 0 rings (SSSR count). The van der Waals surface area contributed by atoms with E-state index in [-0.39, 0.29) is 0 Å². The number of carbonyl (C=O) groups excluding carboxylic acids is 2. The van der Waals surface area contributed by atoms with Crippen molar-refractivity contribution < 1.29 is 9.59 Å². The second-order valence-electron chi connectivity index (χ2n) is 5.39. The molecule has 116 valence electrons. The van der Waals surface area contributed by atoms with Crippen molar-refractivity contribution >= 4 is 12.6 Å². The third kappa shape index (κ3) is 22.0. The Balaban J connectivity index is 0. The van der Waals surface area contributed by atoms with Gasteiger partial charge in [0.15, 0.2) is 0 Å². The normalized spacial score (nSPS) is 11.4. The number of unbranched alkanes of at least 4 members (excludes halogenated alkanes) is 3. The van der Waals surface area contributed by atoms with Crippen LogP contribution in [0.5, 0.6) is 0 Å². The number of carbonyl (C=O) groups is 2. The second-order valence-corrected chi connectivity index (χ2v) is 5.39. The zero-order valence-electron chi connectivity index (χ0n) is 13.7. The summed E-state index contributed by atoms with van der Waals surface area (Å²) in [6.45, 7) is 8.34. The molecule has 0 fully saturated rings. The van der Waals surface area contributed by atoms with Gasteiger partial charge in [0.2, 0.25) is 0 Å².